The molecule has 1 amide bonds. The summed E-state index contributed by atoms with van der Waals surface area (Å²) in [6.07, 6.45) is 7.28. The lowest BCUT2D eigenvalue weighted by atomic mass is 9.97. The van der Waals surface area contributed by atoms with Crippen LogP contribution in [0.3, 0.4) is 0 Å². The minimum atomic E-state index is -0.372. The Morgan fingerprint density at radius 3 is 3.04 bits per heavy atom. The lowest BCUT2D eigenvalue weighted by molar-refractivity contribution is -0.118. The fourth-order valence-corrected chi connectivity index (χ4v) is 3.81. The van der Waals surface area contributed by atoms with Gasteiger partial charge in [-0.3, -0.25) is 18.9 Å². The Kier molecular flexibility index (Phi) is 4.72. The molecule has 2 N–H and O–H groups in total. The summed E-state index contributed by atoms with van der Waals surface area (Å²) in [7, 11) is 0. The molecule has 1 aliphatic rings. The monoisotopic (exact) mass is 366 g/mol. The molecule has 0 saturated carbocycles. The molecule has 0 unspecified atom stereocenters. The second-order valence-electron chi connectivity index (χ2n) is 6.97. The molecule has 0 aliphatic carbocycles. The Morgan fingerprint density at radius 2 is 2.19 bits per heavy atom. The maximum atomic E-state index is 12.3. The normalized spacial score (nSPS) is 18.0. The zero-order valence-corrected chi connectivity index (χ0v) is 15.0. The van der Waals surface area contributed by atoms with Crippen molar-refractivity contribution in [2.45, 2.75) is 31.8 Å². The van der Waals surface area contributed by atoms with E-state index in [1.54, 1.807) is 29.1 Å². The van der Waals surface area contributed by atoms with E-state index in [9.17, 15) is 9.59 Å². The third-order valence-corrected chi connectivity index (χ3v) is 4.95. The first-order valence-electron chi connectivity index (χ1n) is 9.09. The Balaban J connectivity index is 1.52. The summed E-state index contributed by atoms with van der Waals surface area (Å²) in [4.78, 5) is 34.9. The molecule has 0 spiro atoms. The molecule has 3 aromatic heterocycles. The number of carbonyl (C=O) groups excluding carboxylic acids is 1. The molecule has 4 heterocycles. The fraction of sp³-hybridized carbons (Fsp3) is 0.368. The predicted octanol–water partition coefficient (Wildman–Crippen LogP) is 0.756. The van der Waals surface area contributed by atoms with Crippen molar-refractivity contribution in [2.24, 2.45) is 5.73 Å². The number of fused-ring (bicyclic) bond motifs is 1. The van der Waals surface area contributed by atoms with Gasteiger partial charge in [0.25, 0.3) is 5.56 Å². The number of pyridine rings is 1. The predicted molar refractivity (Wildman–Crippen MR) is 100 cm³/mol. The number of likely N-dealkylation sites (tertiary alicyclic amines) is 1. The van der Waals surface area contributed by atoms with Gasteiger partial charge >= 0.3 is 0 Å². The van der Waals surface area contributed by atoms with E-state index in [0.717, 1.165) is 37.4 Å². The third kappa shape index (κ3) is 3.75. The molecular formula is C19H22N6O2. The number of aromatic nitrogens is 4. The van der Waals surface area contributed by atoms with Crippen molar-refractivity contribution < 1.29 is 4.79 Å². The molecule has 8 nitrogen and oxygen atoms in total. The van der Waals surface area contributed by atoms with Gasteiger partial charge in [-0.05, 0) is 31.5 Å². The quantitative estimate of drug-likeness (QED) is 0.719. The van der Waals surface area contributed by atoms with Crippen LogP contribution >= 0.6 is 0 Å². The van der Waals surface area contributed by atoms with Crippen LogP contribution < -0.4 is 11.3 Å². The number of rotatable bonds is 5. The van der Waals surface area contributed by atoms with Crippen LogP contribution in [0.1, 0.15) is 30.3 Å². The second kappa shape index (κ2) is 7.32. The van der Waals surface area contributed by atoms with E-state index in [4.69, 9.17) is 5.73 Å². The van der Waals surface area contributed by atoms with E-state index in [1.165, 1.54) is 0 Å². The first-order valence-corrected chi connectivity index (χ1v) is 9.09. The van der Waals surface area contributed by atoms with Crippen molar-refractivity contribution in [3.8, 4) is 0 Å². The third-order valence-electron chi connectivity index (χ3n) is 4.95. The highest BCUT2D eigenvalue weighted by atomic mass is 16.1. The second-order valence-corrected chi connectivity index (χ2v) is 6.97. The van der Waals surface area contributed by atoms with E-state index in [1.807, 2.05) is 22.8 Å². The zero-order valence-electron chi connectivity index (χ0n) is 15.0. The summed E-state index contributed by atoms with van der Waals surface area (Å²) >= 11 is 0. The number of hydrogen-bond acceptors (Lipinski definition) is 5. The van der Waals surface area contributed by atoms with Crippen LogP contribution in [-0.2, 0) is 17.9 Å². The molecule has 0 radical (unpaired) electrons. The van der Waals surface area contributed by atoms with Gasteiger partial charge in [0, 0.05) is 43.7 Å². The smallest absolute Gasteiger partial charge is 0.258 e. The van der Waals surface area contributed by atoms with Crippen molar-refractivity contribution in [3.63, 3.8) is 0 Å². The number of amides is 1. The first kappa shape index (κ1) is 17.4. The summed E-state index contributed by atoms with van der Waals surface area (Å²) in [6, 6.07) is 7.13. The summed E-state index contributed by atoms with van der Waals surface area (Å²) in [5, 5.41) is 0. The minimum absolute atomic E-state index is 0.0684. The molecule has 1 atom stereocenters. The number of piperidine rings is 1. The van der Waals surface area contributed by atoms with Crippen LogP contribution in [0, 0.1) is 0 Å². The lowest BCUT2D eigenvalue weighted by Crippen LogP contribution is -2.36. The Labute approximate surface area is 156 Å². The van der Waals surface area contributed by atoms with Gasteiger partial charge in [0.2, 0.25) is 5.91 Å². The summed E-state index contributed by atoms with van der Waals surface area (Å²) in [5.74, 6) is 0.752. The molecule has 3 aromatic rings. The zero-order chi connectivity index (χ0) is 18.8. The number of nitrogens with two attached hydrogens (primary N) is 1. The van der Waals surface area contributed by atoms with Crippen LogP contribution in [0.15, 0.2) is 47.7 Å². The number of imidazole rings is 1. The number of carbonyl (C=O) groups is 1. The van der Waals surface area contributed by atoms with Crippen molar-refractivity contribution in [3.05, 3.63) is 64.7 Å². The van der Waals surface area contributed by atoms with Gasteiger partial charge in [0.05, 0.1) is 5.69 Å². The summed E-state index contributed by atoms with van der Waals surface area (Å²) < 4.78 is 3.38. The highest BCUT2D eigenvalue weighted by Crippen LogP contribution is 2.26. The van der Waals surface area contributed by atoms with E-state index in [2.05, 4.69) is 14.9 Å². The van der Waals surface area contributed by atoms with E-state index >= 15 is 0 Å². The van der Waals surface area contributed by atoms with Gasteiger partial charge in [0.1, 0.15) is 18.0 Å². The van der Waals surface area contributed by atoms with Crippen LogP contribution in [0.2, 0.25) is 0 Å². The first-order chi connectivity index (χ1) is 13.1. The molecule has 4 rings (SSSR count). The number of hydrogen-bond donors (Lipinski definition) is 1. The van der Waals surface area contributed by atoms with Crippen molar-refractivity contribution in [1.29, 1.82) is 0 Å². The van der Waals surface area contributed by atoms with Crippen LogP contribution in [-0.4, -0.2) is 42.8 Å². The van der Waals surface area contributed by atoms with Crippen LogP contribution in [0.4, 0.5) is 0 Å². The van der Waals surface area contributed by atoms with Gasteiger partial charge in [0.15, 0.2) is 0 Å². The molecule has 27 heavy (non-hydrogen) atoms. The Morgan fingerprint density at radius 1 is 1.30 bits per heavy atom. The molecular weight excluding hydrogens is 344 g/mol. The standard InChI is InChI=1S/C19H22N6O2/c20-16(26)13-24-9-6-21-19(24)14-4-3-7-23(11-14)12-15-10-18(27)25-8-2-1-5-17(25)22-15/h1-2,5-6,8-10,14H,3-4,7,11-13H2,(H2,20,26)/t14-/m1/s1. The van der Waals surface area contributed by atoms with Crippen molar-refractivity contribution in [1.82, 2.24) is 23.8 Å². The van der Waals surface area contributed by atoms with E-state index < -0.39 is 0 Å². The highest BCUT2D eigenvalue weighted by molar-refractivity contribution is 5.73. The fourth-order valence-electron chi connectivity index (χ4n) is 3.81. The topological polar surface area (TPSA) is 98.5 Å². The van der Waals surface area contributed by atoms with E-state index in [0.29, 0.717) is 12.2 Å². The molecule has 1 saturated heterocycles. The lowest BCUT2D eigenvalue weighted by Gasteiger charge is -2.32. The van der Waals surface area contributed by atoms with Gasteiger partial charge < -0.3 is 10.3 Å². The Bertz CT molecular complexity index is 1020. The summed E-state index contributed by atoms with van der Waals surface area (Å²) in [6.45, 7) is 2.52. The number of primary amides is 1. The molecule has 1 fully saturated rings. The molecule has 1 aliphatic heterocycles. The van der Waals surface area contributed by atoms with Crippen molar-refractivity contribution in [2.75, 3.05) is 13.1 Å². The largest absolute Gasteiger partial charge is 0.368 e. The average Bonchev–Trinajstić information content (AvgIpc) is 3.09. The van der Waals surface area contributed by atoms with Gasteiger partial charge in [-0.1, -0.05) is 6.07 Å². The van der Waals surface area contributed by atoms with Crippen LogP contribution in [0.25, 0.3) is 5.65 Å². The van der Waals surface area contributed by atoms with Gasteiger partial charge in [-0.25, -0.2) is 9.97 Å². The molecule has 140 valence electrons. The highest BCUT2D eigenvalue weighted by Gasteiger charge is 2.25. The van der Waals surface area contributed by atoms with Crippen molar-refractivity contribution >= 4 is 11.6 Å². The Hall–Kier alpha value is -3.00. The maximum Gasteiger partial charge on any atom is 0.258 e. The molecule has 0 aromatic carbocycles. The molecule has 8 heteroatoms. The average molecular weight is 366 g/mol. The van der Waals surface area contributed by atoms with Gasteiger partial charge in [-0.2, -0.15) is 0 Å². The van der Waals surface area contributed by atoms with E-state index in [-0.39, 0.29) is 23.9 Å². The minimum Gasteiger partial charge on any atom is -0.368 e. The number of nitrogens with zero attached hydrogens (tertiary/aromatic N) is 5. The SMILES string of the molecule is NC(=O)Cn1ccnc1[C@@H]1CCCN(Cc2cc(=O)n3ccccc3n2)C1. The maximum absolute atomic E-state index is 12.3. The summed E-state index contributed by atoms with van der Waals surface area (Å²) in [5.41, 5.74) is 6.69. The molecule has 0 bridgehead atoms. The van der Waals surface area contributed by atoms with Gasteiger partial charge in [-0.15, -0.1) is 0 Å². The van der Waals surface area contributed by atoms with Crippen LogP contribution in [0.5, 0.6) is 0 Å².